The van der Waals surface area contributed by atoms with Crippen LogP contribution in [0.1, 0.15) is 39.2 Å². The molecule has 5 nitrogen and oxygen atoms in total. The van der Waals surface area contributed by atoms with Gasteiger partial charge in [-0.3, -0.25) is 9.59 Å². The van der Waals surface area contributed by atoms with Crippen LogP contribution in [-0.4, -0.2) is 11.8 Å². The summed E-state index contributed by atoms with van der Waals surface area (Å²) in [6.45, 7) is 0. The molecule has 3 N–H and O–H groups in total. The number of hydrogen-bond acceptors (Lipinski definition) is 4. The van der Waals surface area contributed by atoms with Crippen LogP contribution >= 0.6 is 11.3 Å². The maximum Gasteiger partial charge on any atom is 0.266 e. The molecule has 1 aromatic heterocycles. The number of nitrogens with zero attached hydrogens (tertiary/aromatic N) is 1. The van der Waals surface area contributed by atoms with Crippen molar-refractivity contribution in [2.24, 2.45) is 5.73 Å². The summed E-state index contributed by atoms with van der Waals surface area (Å²) < 4.78 is 13.8. The van der Waals surface area contributed by atoms with Gasteiger partial charge < -0.3 is 11.1 Å². The van der Waals surface area contributed by atoms with Crippen LogP contribution in [0.25, 0.3) is 6.08 Å². The van der Waals surface area contributed by atoms with Crippen LogP contribution in [0.3, 0.4) is 0 Å². The van der Waals surface area contributed by atoms with Gasteiger partial charge >= 0.3 is 0 Å². The molecule has 0 atom stereocenters. The number of thiophene rings is 1. The van der Waals surface area contributed by atoms with Crippen molar-refractivity contribution in [2.45, 2.75) is 25.7 Å². The Morgan fingerprint density at radius 1 is 1.27 bits per heavy atom. The summed E-state index contributed by atoms with van der Waals surface area (Å²) in [6, 6.07) is 7.63. The van der Waals surface area contributed by atoms with Crippen LogP contribution in [0.2, 0.25) is 0 Å². The Kier molecular flexibility index (Phi) is 5.14. The lowest BCUT2D eigenvalue weighted by Gasteiger charge is -2.11. The summed E-state index contributed by atoms with van der Waals surface area (Å²) in [5.41, 5.74) is 6.59. The van der Waals surface area contributed by atoms with Crippen molar-refractivity contribution in [2.75, 3.05) is 5.32 Å². The van der Waals surface area contributed by atoms with Gasteiger partial charge in [0.15, 0.2) is 0 Å². The van der Waals surface area contributed by atoms with Gasteiger partial charge in [-0.2, -0.15) is 5.26 Å². The molecule has 0 bridgehead atoms. The number of rotatable bonds is 4. The van der Waals surface area contributed by atoms with E-state index in [0.717, 1.165) is 36.1 Å². The van der Waals surface area contributed by atoms with Gasteiger partial charge in [0.2, 0.25) is 0 Å². The number of benzene rings is 1. The second-order valence-corrected chi connectivity index (χ2v) is 7.03. The minimum Gasteiger partial charge on any atom is -0.365 e. The van der Waals surface area contributed by atoms with E-state index in [4.69, 9.17) is 5.73 Å². The predicted octanol–water partition coefficient (Wildman–Crippen LogP) is 3.41. The molecule has 2 amide bonds. The summed E-state index contributed by atoms with van der Waals surface area (Å²) in [4.78, 5) is 25.4. The first-order valence-corrected chi connectivity index (χ1v) is 8.95. The second-order valence-electron chi connectivity index (χ2n) is 5.92. The summed E-state index contributed by atoms with van der Waals surface area (Å²) in [5, 5.41) is 12.2. The average molecular weight is 369 g/mol. The summed E-state index contributed by atoms with van der Waals surface area (Å²) in [6.07, 6.45) is 4.76. The number of nitrogens with one attached hydrogen (secondary N) is 1. The molecule has 0 unspecified atom stereocenters. The Morgan fingerprint density at radius 2 is 2.00 bits per heavy atom. The monoisotopic (exact) mass is 369 g/mol. The van der Waals surface area contributed by atoms with Crippen LogP contribution in [0.5, 0.6) is 0 Å². The molecule has 0 saturated carbocycles. The molecule has 2 aromatic rings. The van der Waals surface area contributed by atoms with E-state index in [9.17, 15) is 19.2 Å². The van der Waals surface area contributed by atoms with Crippen molar-refractivity contribution in [1.82, 2.24) is 0 Å². The lowest BCUT2D eigenvalue weighted by Crippen LogP contribution is -2.19. The van der Waals surface area contributed by atoms with Gasteiger partial charge in [0.05, 0.1) is 5.56 Å². The molecule has 7 heteroatoms. The number of fused-ring (bicyclic) bond motifs is 1. The van der Waals surface area contributed by atoms with Crippen LogP contribution in [-0.2, 0) is 17.6 Å². The zero-order valence-electron chi connectivity index (χ0n) is 13.8. The number of nitriles is 1. The number of carbonyl (C=O) groups excluding carboxylic acids is 2. The molecule has 1 heterocycles. The number of anilines is 1. The number of amides is 2. The van der Waals surface area contributed by atoms with Crippen molar-refractivity contribution in [3.8, 4) is 6.07 Å². The number of carbonyl (C=O) groups is 2. The zero-order chi connectivity index (χ0) is 18.7. The van der Waals surface area contributed by atoms with Gasteiger partial charge in [-0.25, -0.2) is 4.39 Å². The lowest BCUT2D eigenvalue weighted by atomic mass is 9.95. The largest absolute Gasteiger partial charge is 0.365 e. The fraction of sp³-hybridized carbons (Fsp3) is 0.211. The third-order valence-electron chi connectivity index (χ3n) is 4.21. The van der Waals surface area contributed by atoms with Gasteiger partial charge in [-0.15, -0.1) is 11.3 Å². The molecule has 26 heavy (non-hydrogen) atoms. The minimum atomic E-state index is -0.697. The number of primary amides is 1. The number of halogens is 1. The first-order chi connectivity index (χ1) is 12.5. The van der Waals surface area contributed by atoms with Gasteiger partial charge in [0.1, 0.15) is 22.5 Å². The van der Waals surface area contributed by atoms with Crippen molar-refractivity contribution in [3.63, 3.8) is 0 Å². The standard InChI is InChI=1S/C19H16FN3O2S/c20-14-7-3-1-5-11(14)9-12(10-21)18(25)23-19-16(17(22)24)13-6-2-4-8-15(13)26-19/h1,3,5,7,9H,2,4,6,8H2,(H2,22,24)(H,23,25). The topological polar surface area (TPSA) is 96.0 Å². The Hall–Kier alpha value is -2.98. The third kappa shape index (κ3) is 3.51. The molecular formula is C19H16FN3O2S. The third-order valence-corrected chi connectivity index (χ3v) is 5.42. The molecule has 0 spiro atoms. The van der Waals surface area contributed by atoms with E-state index >= 15 is 0 Å². The van der Waals surface area contributed by atoms with E-state index in [0.29, 0.717) is 10.6 Å². The van der Waals surface area contributed by atoms with Gasteiger partial charge in [-0.1, -0.05) is 18.2 Å². The highest BCUT2D eigenvalue weighted by molar-refractivity contribution is 7.17. The van der Waals surface area contributed by atoms with Gasteiger partial charge in [0.25, 0.3) is 11.8 Å². The van der Waals surface area contributed by atoms with E-state index < -0.39 is 17.6 Å². The molecule has 1 aromatic carbocycles. The highest BCUT2D eigenvalue weighted by atomic mass is 32.1. The Labute approximate surface area is 153 Å². The Morgan fingerprint density at radius 3 is 2.69 bits per heavy atom. The summed E-state index contributed by atoms with van der Waals surface area (Å²) in [5.74, 6) is -1.83. The molecule has 1 aliphatic rings. The summed E-state index contributed by atoms with van der Waals surface area (Å²) >= 11 is 1.31. The van der Waals surface area contributed by atoms with Gasteiger partial charge in [-0.05, 0) is 43.4 Å². The molecule has 132 valence electrons. The van der Waals surface area contributed by atoms with Gasteiger partial charge in [0, 0.05) is 10.4 Å². The minimum absolute atomic E-state index is 0.139. The van der Waals surface area contributed by atoms with E-state index in [1.54, 1.807) is 12.1 Å². The average Bonchev–Trinajstić information content (AvgIpc) is 2.98. The molecule has 0 fully saturated rings. The van der Waals surface area contributed by atoms with Crippen molar-refractivity contribution in [3.05, 3.63) is 57.2 Å². The highest BCUT2D eigenvalue weighted by Gasteiger charge is 2.25. The summed E-state index contributed by atoms with van der Waals surface area (Å²) in [7, 11) is 0. The molecule has 3 rings (SSSR count). The molecular weight excluding hydrogens is 353 g/mol. The molecule has 0 saturated heterocycles. The number of aryl methyl sites for hydroxylation is 1. The lowest BCUT2D eigenvalue weighted by molar-refractivity contribution is -0.112. The van der Waals surface area contributed by atoms with Crippen LogP contribution in [0.15, 0.2) is 29.8 Å². The fourth-order valence-electron chi connectivity index (χ4n) is 2.98. The van der Waals surface area contributed by atoms with Crippen LogP contribution in [0, 0.1) is 17.1 Å². The van der Waals surface area contributed by atoms with Crippen molar-refractivity contribution >= 4 is 34.2 Å². The highest BCUT2D eigenvalue weighted by Crippen LogP contribution is 2.38. The maximum atomic E-state index is 13.8. The first-order valence-electron chi connectivity index (χ1n) is 8.13. The van der Waals surface area contributed by atoms with Crippen LogP contribution < -0.4 is 11.1 Å². The van der Waals surface area contributed by atoms with E-state index in [1.807, 2.05) is 0 Å². The molecule has 1 aliphatic carbocycles. The predicted molar refractivity (Wildman–Crippen MR) is 98.1 cm³/mol. The smallest absolute Gasteiger partial charge is 0.266 e. The maximum absolute atomic E-state index is 13.8. The second kappa shape index (κ2) is 7.50. The Bertz CT molecular complexity index is 956. The molecule has 0 aliphatic heterocycles. The zero-order valence-corrected chi connectivity index (χ0v) is 14.7. The fourth-order valence-corrected chi connectivity index (χ4v) is 4.27. The SMILES string of the molecule is N#CC(=Cc1ccccc1F)C(=O)Nc1sc2c(c1C(N)=O)CCCC2. The number of hydrogen-bond donors (Lipinski definition) is 2. The molecule has 0 radical (unpaired) electrons. The van der Waals surface area contributed by atoms with Crippen molar-refractivity contribution < 1.29 is 14.0 Å². The van der Waals surface area contributed by atoms with Crippen LogP contribution in [0.4, 0.5) is 9.39 Å². The normalized spacial score (nSPS) is 13.6. The first kappa shape index (κ1) is 17.8. The van der Waals surface area contributed by atoms with E-state index in [1.165, 1.54) is 35.6 Å². The van der Waals surface area contributed by atoms with E-state index in [-0.39, 0.29) is 11.1 Å². The van der Waals surface area contributed by atoms with E-state index in [2.05, 4.69) is 5.32 Å². The number of nitrogens with two attached hydrogens (primary N) is 1. The Balaban J connectivity index is 1.92. The van der Waals surface area contributed by atoms with Crippen molar-refractivity contribution in [1.29, 1.82) is 5.26 Å². The quantitative estimate of drug-likeness (QED) is 0.638.